The van der Waals surface area contributed by atoms with Crippen LogP contribution in [0.1, 0.15) is 85.0 Å². The van der Waals surface area contributed by atoms with Gasteiger partial charge in [-0.3, -0.25) is 9.93 Å². The van der Waals surface area contributed by atoms with E-state index < -0.39 is 22.3 Å². The Kier molecular flexibility index (Phi) is 14.4. The minimum Gasteiger partial charge on any atom is -0.379 e. The number of ether oxygens (including phenoxy) is 1. The van der Waals surface area contributed by atoms with Crippen LogP contribution in [0.4, 0.5) is 18.9 Å². The predicted molar refractivity (Wildman–Crippen MR) is 144 cm³/mol. The van der Waals surface area contributed by atoms with Gasteiger partial charge >= 0.3 is 0 Å². The number of amides is 1. The Balaban J connectivity index is 1.94. The summed E-state index contributed by atoms with van der Waals surface area (Å²) < 4.78 is 50.4. The van der Waals surface area contributed by atoms with Gasteiger partial charge in [-0.1, -0.05) is 46.0 Å². The summed E-state index contributed by atoms with van der Waals surface area (Å²) in [6, 6.07) is -0.0101. The van der Waals surface area contributed by atoms with Gasteiger partial charge in [-0.15, -0.1) is 11.8 Å². The predicted octanol–water partition coefficient (Wildman–Crippen LogP) is 7.03. The molecule has 0 aromatic heterocycles. The van der Waals surface area contributed by atoms with Crippen LogP contribution in [-0.2, 0) is 9.53 Å². The first-order chi connectivity index (χ1) is 17.2. The van der Waals surface area contributed by atoms with E-state index in [-0.39, 0.29) is 40.9 Å². The van der Waals surface area contributed by atoms with Crippen molar-refractivity contribution >= 4 is 35.3 Å². The molecule has 0 heterocycles. The minimum absolute atomic E-state index is 0.00947. The normalized spacial score (nSPS) is 16.0. The monoisotopic (exact) mass is 549 g/mol. The number of halogens is 3. The van der Waals surface area contributed by atoms with Gasteiger partial charge in [-0.25, -0.2) is 13.2 Å². The molecule has 1 unspecified atom stereocenters. The molecule has 2 rings (SSSR count). The Morgan fingerprint density at radius 3 is 2.28 bits per heavy atom. The van der Waals surface area contributed by atoms with E-state index >= 15 is 4.39 Å². The van der Waals surface area contributed by atoms with E-state index in [0.717, 1.165) is 56.7 Å². The van der Waals surface area contributed by atoms with Crippen molar-refractivity contribution in [3.8, 4) is 0 Å². The SMILES string of the molecule is CC(C)CCOC(C)CCC(=O)NCCSc1c(F)c(F)c(SN)c(F)c1NC1CCCCCCC1. The highest BCUT2D eigenvalue weighted by atomic mass is 32.2. The Labute approximate surface area is 222 Å². The first-order valence-electron chi connectivity index (χ1n) is 13.1. The highest BCUT2D eigenvalue weighted by molar-refractivity contribution is 7.99. The van der Waals surface area contributed by atoms with Crippen molar-refractivity contribution in [2.24, 2.45) is 11.1 Å². The van der Waals surface area contributed by atoms with Gasteiger partial charge in [0.2, 0.25) is 5.91 Å². The van der Waals surface area contributed by atoms with Crippen LogP contribution in [0.3, 0.4) is 0 Å². The lowest BCUT2D eigenvalue weighted by molar-refractivity contribution is -0.121. The van der Waals surface area contributed by atoms with Gasteiger partial charge in [0.15, 0.2) is 17.5 Å². The van der Waals surface area contributed by atoms with Crippen LogP contribution in [0.5, 0.6) is 0 Å². The fourth-order valence-corrected chi connectivity index (χ4v) is 5.46. The number of rotatable bonds is 14. The number of anilines is 1. The maximum atomic E-state index is 15.2. The van der Waals surface area contributed by atoms with E-state index in [1.54, 1.807) is 0 Å². The molecule has 1 aromatic carbocycles. The standard InChI is InChI=1S/C26H42F3N3O2S2/c1-17(2)13-15-34-18(3)11-12-20(33)31-14-16-35-26-22(28)21(27)25(36-30)23(29)24(26)32-19-9-7-5-4-6-8-10-19/h17-19,32H,4-16,30H2,1-3H3,(H,31,33). The Hall–Kier alpha value is -1.10. The summed E-state index contributed by atoms with van der Waals surface area (Å²) in [5.41, 5.74) is -0.0314. The summed E-state index contributed by atoms with van der Waals surface area (Å²) in [5, 5.41) is 11.4. The van der Waals surface area contributed by atoms with E-state index in [9.17, 15) is 13.6 Å². The van der Waals surface area contributed by atoms with E-state index in [1.807, 2.05) is 6.92 Å². The Morgan fingerprint density at radius 2 is 1.64 bits per heavy atom. The molecule has 1 fully saturated rings. The first kappa shape index (κ1) is 31.1. The van der Waals surface area contributed by atoms with Crippen molar-refractivity contribution in [2.45, 2.75) is 107 Å². The Bertz CT molecular complexity index is 822. The van der Waals surface area contributed by atoms with Crippen molar-refractivity contribution < 1.29 is 22.7 Å². The van der Waals surface area contributed by atoms with E-state index in [4.69, 9.17) is 9.88 Å². The molecule has 0 radical (unpaired) electrons. The lowest BCUT2D eigenvalue weighted by Gasteiger charge is -2.25. The number of hydrogen-bond donors (Lipinski definition) is 3. The Morgan fingerprint density at radius 1 is 1.00 bits per heavy atom. The topological polar surface area (TPSA) is 76.4 Å². The quantitative estimate of drug-likeness (QED) is 0.100. The molecule has 5 nitrogen and oxygen atoms in total. The van der Waals surface area contributed by atoms with Gasteiger partial charge in [0, 0.05) is 31.4 Å². The van der Waals surface area contributed by atoms with Crippen molar-refractivity contribution in [1.82, 2.24) is 5.32 Å². The van der Waals surface area contributed by atoms with Gasteiger partial charge in [-0.2, -0.15) is 0 Å². The molecule has 0 saturated heterocycles. The summed E-state index contributed by atoms with van der Waals surface area (Å²) in [7, 11) is 0. The van der Waals surface area contributed by atoms with Gasteiger partial charge in [0.1, 0.15) is 0 Å². The third kappa shape index (κ3) is 10.3. The molecule has 0 bridgehead atoms. The number of hydrogen-bond acceptors (Lipinski definition) is 6. The van der Waals surface area contributed by atoms with Gasteiger partial charge in [0.25, 0.3) is 0 Å². The molecule has 10 heteroatoms. The molecule has 1 aromatic rings. The van der Waals surface area contributed by atoms with Gasteiger partial charge in [0.05, 0.1) is 21.6 Å². The van der Waals surface area contributed by atoms with Gasteiger partial charge < -0.3 is 15.4 Å². The molecule has 36 heavy (non-hydrogen) atoms. The number of nitrogens with two attached hydrogens (primary N) is 1. The number of nitrogens with one attached hydrogen (secondary N) is 2. The maximum Gasteiger partial charge on any atom is 0.220 e. The zero-order chi connectivity index (χ0) is 26.5. The summed E-state index contributed by atoms with van der Waals surface area (Å²) in [5.74, 6) is -2.53. The van der Waals surface area contributed by atoms with Crippen LogP contribution in [0, 0.1) is 23.4 Å². The second-order valence-electron chi connectivity index (χ2n) is 9.88. The molecule has 206 valence electrons. The van der Waals surface area contributed by atoms with Crippen LogP contribution in [0.25, 0.3) is 0 Å². The van der Waals surface area contributed by atoms with Crippen LogP contribution in [0.15, 0.2) is 9.79 Å². The second-order valence-corrected chi connectivity index (χ2v) is 11.6. The van der Waals surface area contributed by atoms with Crippen molar-refractivity contribution in [3.63, 3.8) is 0 Å². The zero-order valence-corrected chi connectivity index (χ0v) is 23.4. The van der Waals surface area contributed by atoms with Crippen LogP contribution in [0.2, 0.25) is 0 Å². The van der Waals surface area contributed by atoms with Crippen molar-refractivity contribution in [1.29, 1.82) is 0 Å². The van der Waals surface area contributed by atoms with Crippen LogP contribution < -0.4 is 15.8 Å². The largest absolute Gasteiger partial charge is 0.379 e. The molecule has 1 aliphatic carbocycles. The number of thioether (sulfide) groups is 1. The lowest BCUT2D eigenvalue weighted by Crippen LogP contribution is -2.27. The average molecular weight is 550 g/mol. The van der Waals surface area contributed by atoms with Crippen molar-refractivity contribution in [3.05, 3.63) is 17.5 Å². The molecule has 1 saturated carbocycles. The smallest absolute Gasteiger partial charge is 0.220 e. The lowest BCUT2D eigenvalue weighted by atomic mass is 9.96. The first-order valence-corrected chi connectivity index (χ1v) is 15.0. The van der Waals surface area contributed by atoms with Crippen LogP contribution >= 0.6 is 23.7 Å². The second kappa shape index (κ2) is 16.7. The number of carbonyl (C=O) groups is 1. The third-order valence-electron chi connectivity index (χ3n) is 6.35. The fraction of sp³-hybridized carbons (Fsp3) is 0.731. The summed E-state index contributed by atoms with van der Waals surface area (Å²) >= 11 is 1.36. The maximum absolute atomic E-state index is 15.2. The average Bonchev–Trinajstić information content (AvgIpc) is 2.81. The number of benzene rings is 1. The molecule has 4 N–H and O–H groups in total. The molecule has 1 atom stereocenters. The summed E-state index contributed by atoms with van der Waals surface area (Å²) in [6.45, 7) is 7.15. The molecule has 0 spiro atoms. The minimum atomic E-state index is -1.28. The zero-order valence-electron chi connectivity index (χ0n) is 21.8. The molecule has 0 aliphatic heterocycles. The summed E-state index contributed by atoms with van der Waals surface area (Å²) in [4.78, 5) is 11.6. The number of carbonyl (C=O) groups excluding carboxylic acids is 1. The third-order valence-corrected chi connectivity index (χ3v) is 8.03. The molecule has 1 aliphatic rings. The van der Waals surface area contributed by atoms with E-state index in [1.165, 1.54) is 6.42 Å². The molecular weight excluding hydrogens is 507 g/mol. The van der Waals surface area contributed by atoms with Crippen molar-refractivity contribution in [2.75, 3.05) is 24.2 Å². The fourth-order valence-electron chi connectivity index (χ4n) is 4.15. The highest BCUT2D eigenvalue weighted by Crippen LogP contribution is 2.40. The van der Waals surface area contributed by atoms with Crippen LogP contribution in [-0.4, -0.2) is 37.0 Å². The molecular formula is C26H42F3N3O2S2. The van der Waals surface area contributed by atoms with E-state index in [2.05, 4.69) is 24.5 Å². The highest BCUT2D eigenvalue weighted by Gasteiger charge is 2.27. The van der Waals surface area contributed by atoms with Gasteiger partial charge in [-0.05, 0) is 50.5 Å². The molecule has 1 amide bonds. The van der Waals surface area contributed by atoms with E-state index in [0.29, 0.717) is 37.3 Å². The summed E-state index contributed by atoms with van der Waals surface area (Å²) in [6.07, 6.45) is 9.05.